The van der Waals surface area contributed by atoms with Gasteiger partial charge in [0.25, 0.3) is 0 Å². The van der Waals surface area contributed by atoms with Crippen molar-refractivity contribution < 1.29 is 0 Å². The third-order valence-corrected chi connectivity index (χ3v) is 2.76. The van der Waals surface area contributed by atoms with Crippen LogP contribution >= 0.6 is 0 Å². The summed E-state index contributed by atoms with van der Waals surface area (Å²) in [6.07, 6.45) is 9.08. The molecule has 0 aromatic heterocycles. The fraction of sp³-hybridized carbons (Fsp3) is 0.667. The third kappa shape index (κ3) is 2.00. The maximum atomic E-state index is 2.36. The van der Waals surface area contributed by atoms with E-state index in [0.29, 0.717) is 0 Å². The predicted octanol–water partition coefficient (Wildman–Crippen LogP) is 3.66. The number of hydrogen-bond donors (Lipinski definition) is 0. The van der Waals surface area contributed by atoms with Crippen molar-refractivity contribution >= 4 is 0 Å². The normalized spacial score (nSPS) is 28.8. The standard InChI is InChI=1S/C12H20/c1-9(2)11-7-5-6-8-12(11)10(3)4/h5-12H,1-4H3. The van der Waals surface area contributed by atoms with Crippen LogP contribution in [0.3, 0.4) is 0 Å². The molecule has 0 radical (unpaired) electrons. The molecule has 12 heavy (non-hydrogen) atoms. The highest BCUT2D eigenvalue weighted by molar-refractivity contribution is 5.15. The lowest BCUT2D eigenvalue weighted by molar-refractivity contribution is 0.292. The van der Waals surface area contributed by atoms with Crippen molar-refractivity contribution in [1.29, 1.82) is 0 Å². The van der Waals surface area contributed by atoms with Gasteiger partial charge in [-0.05, 0) is 23.7 Å². The Bertz CT molecular complexity index is 162. The van der Waals surface area contributed by atoms with Crippen molar-refractivity contribution in [2.24, 2.45) is 23.7 Å². The van der Waals surface area contributed by atoms with Crippen LogP contribution in [0.25, 0.3) is 0 Å². The summed E-state index contributed by atoms with van der Waals surface area (Å²) in [5.74, 6) is 3.02. The Balaban J connectivity index is 2.71. The lowest BCUT2D eigenvalue weighted by Gasteiger charge is -2.30. The van der Waals surface area contributed by atoms with Crippen molar-refractivity contribution in [2.45, 2.75) is 27.7 Å². The van der Waals surface area contributed by atoms with Crippen LogP contribution in [0, 0.1) is 23.7 Å². The van der Waals surface area contributed by atoms with Crippen molar-refractivity contribution in [2.75, 3.05) is 0 Å². The van der Waals surface area contributed by atoms with Gasteiger partial charge in [-0.15, -0.1) is 0 Å². The Hall–Kier alpha value is -0.520. The van der Waals surface area contributed by atoms with E-state index in [1.807, 2.05) is 0 Å². The van der Waals surface area contributed by atoms with Gasteiger partial charge in [0.05, 0.1) is 0 Å². The third-order valence-electron chi connectivity index (χ3n) is 2.76. The minimum absolute atomic E-state index is 0.745. The zero-order valence-corrected chi connectivity index (χ0v) is 8.62. The summed E-state index contributed by atoms with van der Waals surface area (Å²) < 4.78 is 0. The lowest BCUT2D eigenvalue weighted by atomic mass is 9.75. The van der Waals surface area contributed by atoms with Gasteiger partial charge >= 0.3 is 0 Å². The van der Waals surface area contributed by atoms with E-state index in [0.717, 1.165) is 23.7 Å². The second kappa shape index (κ2) is 3.93. The molecule has 2 unspecified atom stereocenters. The molecule has 0 saturated heterocycles. The molecule has 0 aliphatic heterocycles. The smallest absolute Gasteiger partial charge is 0.0142 e. The molecule has 0 fully saturated rings. The highest BCUT2D eigenvalue weighted by Crippen LogP contribution is 2.31. The molecule has 0 heteroatoms. The predicted molar refractivity (Wildman–Crippen MR) is 54.9 cm³/mol. The van der Waals surface area contributed by atoms with E-state index in [2.05, 4.69) is 52.0 Å². The lowest BCUT2D eigenvalue weighted by Crippen LogP contribution is -2.22. The van der Waals surface area contributed by atoms with Gasteiger partial charge in [0.15, 0.2) is 0 Å². The summed E-state index contributed by atoms with van der Waals surface area (Å²) in [5, 5.41) is 0. The van der Waals surface area contributed by atoms with Crippen molar-refractivity contribution in [1.82, 2.24) is 0 Å². The van der Waals surface area contributed by atoms with E-state index in [9.17, 15) is 0 Å². The number of allylic oxidation sites excluding steroid dienone is 4. The molecule has 0 heterocycles. The van der Waals surface area contributed by atoms with Gasteiger partial charge in [0, 0.05) is 0 Å². The minimum atomic E-state index is 0.745. The van der Waals surface area contributed by atoms with Crippen LogP contribution in [0.2, 0.25) is 0 Å². The van der Waals surface area contributed by atoms with Crippen molar-refractivity contribution in [3.63, 3.8) is 0 Å². The highest BCUT2D eigenvalue weighted by atomic mass is 14.3. The SMILES string of the molecule is CC(C)C1C=CC=CC1C(C)C. The molecule has 0 nitrogen and oxygen atoms in total. The van der Waals surface area contributed by atoms with Crippen LogP contribution in [-0.4, -0.2) is 0 Å². The fourth-order valence-corrected chi connectivity index (χ4v) is 1.97. The Kier molecular flexibility index (Phi) is 3.13. The summed E-state index contributed by atoms with van der Waals surface area (Å²) in [5.41, 5.74) is 0. The average molecular weight is 164 g/mol. The first kappa shape index (κ1) is 9.57. The maximum absolute atomic E-state index is 2.36. The molecule has 0 aromatic rings. The van der Waals surface area contributed by atoms with E-state index in [1.165, 1.54) is 0 Å². The van der Waals surface area contributed by atoms with E-state index >= 15 is 0 Å². The summed E-state index contributed by atoms with van der Waals surface area (Å²) in [6.45, 7) is 9.24. The fourth-order valence-electron chi connectivity index (χ4n) is 1.97. The molecular formula is C12H20. The molecule has 2 atom stereocenters. The van der Waals surface area contributed by atoms with Gasteiger partial charge in [0.1, 0.15) is 0 Å². The minimum Gasteiger partial charge on any atom is -0.0806 e. The summed E-state index contributed by atoms with van der Waals surface area (Å²) in [6, 6.07) is 0. The average Bonchev–Trinajstić information content (AvgIpc) is 2.04. The molecule has 0 bridgehead atoms. The zero-order valence-electron chi connectivity index (χ0n) is 8.62. The summed E-state index contributed by atoms with van der Waals surface area (Å²) >= 11 is 0. The Morgan fingerprint density at radius 2 is 1.08 bits per heavy atom. The van der Waals surface area contributed by atoms with Crippen LogP contribution in [0.4, 0.5) is 0 Å². The largest absolute Gasteiger partial charge is 0.0806 e. The maximum Gasteiger partial charge on any atom is -0.0142 e. The first-order chi connectivity index (χ1) is 5.63. The van der Waals surface area contributed by atoms with Gasteiger partial charge in [-0.3, -0.25) is 0 Å². The molecule has 1 rings (SSSR count). The van der Waals surface area contributed by atoms with Crippen LogP contribution < -0.4 is 0 Å². The quantitative estimate of drug-likeness (QED) is 0.584. The van der Waals surface area contributed by atoms with Gasteiger partial charge < -0.3 is 0 Å². The van der Waals surface area contributed by atoms with Crippen molar-refractivity contribution in [3.05, 3.63) is 24.3 Å². The molecule has 1 aliphatic rings. The van der Waals surface area contributed by atoms with E-state index in [-0.39, 0.29) is 0 Å². The Labute approximate surface area is 76.4 Å². The van der Waals surface area contributed by atoms with Crippen LogP contribution in [0.5, 0.6) is 0 Å². The molecule has 0 aromatic carbocycles. The molecule has 1 aliphatic carbocycles. The van der Waals surface area contributed by atoms with Gasteiger partial charge in [-0.25, -0.2) is 0 Å². The first-order valence-corrected chi connectivity index (χ1v) is 4.98. The first-order valence-electron chi connectivity index (χ1n) is 4.98. The zero-order chi connectivity index (χ0) is 9.14. The second-order valence-corrected chi connectivity index (χ2v) is 4.41. The molecule has 0 saturated carbocycles. The van der Waals surface area contributed by atoms with Crippen LogP contribution in [-0.2, 0) is 0 Å². The van der Waals surface area contributed by atoms with Crippen molar-refractivity contribution in [3.8, 4) is 0 Å². The summed E-state index contributed by atoms with van der Waals surface area (Å²) in [4.78, 5) is 0. The van der Waals surface area contributed by atoms with E-state index in [4.69, 9.17) is 0 Å². The molecule has 0 amide bonds. The van der Waals surface area contributed by atoms with Gasteiger partial charge in [0.2, 0.25) is 0 Å². The Morgan fingerprint density at radius 3 is 1.33 bits per heavy atom. The van der Waals surface area contributed by atoms with E-state index in [1.54, 1.807) is 0 Å². The van der Waals surface area contributed by atoms with Crippen LogP contribution in [0.1, 0.15) is 27.7 Å². The van der Waals surface area contributed by atoms with Gasteiger partial charge in [-0.1, -0.05) is 52.0 Å². The van der Waals surface area contributed by atoms with Crippen LogP contribution in [0.15, 0.2) is 24.3 Å². The monoisotopic (exact) mass is 164 g/mol. The number of hydrogen-bond acceptors (Lipinski definition) is 0. The highest BCUT2D eigenvalue weighted by Gasteiger charge is 2.23. The second-order valence-electron chi connectivity index (χ2n) is 4.41. The number of rotatable bonds is 2. The molecule has 0 N–H and O–H groups in total. The molecular weight excluding hydrogens is 144 g/mol. The van der Waals surface area contributed by atoms with E-state index < -0.39 is 0 Å². The Morgan fingerprint density at radius 1 is 0.750 bits per heavy atom. The topological polar surface area (TPSA) is 0 Å². The summed E-state index contributed by atoms with van der Waals surface area (Å²) in [7, 11) is 0. The van der Waals surface area contributed by atoms with Gasteiger partial charge in [-0.2, -0.15) is 0 Å². The molecule has 0 spiro atoms. The molecule has 68 valence electrons.